The molecule has 1 aliphatic carbocycles. The van der Waals surface area contributed by atoms with Gasteiger partial charge in [-0.1, -0.05) is 46.1 Å². The van der Waals surface area contributed by atoms with Gasteiger partial charge in [0.05, 0.1) is 6.61 Å². The second-order valence-electron chi connectivity index (χ2n) is 5.81. The van der Waals surface area contributed by atoms with E-state index >= 15 is 0 Å². The molecule has 17 heavy (non-hydrogen) atoms. The summed E-state index contributed by atoms with van der Waals surface area (Å²) in [7, 11) is 0. The first-order valence-corrected chi connectivity index (χ1v) is 6.87. The van der Waals surface area contributed by atoms with Crippen LogP contribution in [0, 0.1) is 11.3 Å². The van der Waals surface area contributed by atoms with E-state index in [-0.39, 0.29) is 5.97 Å². The molecule has 0 aliphatic heterocycles. The quantitative estimate of drug-likeness (QED) is 0.343. The van der Waals surface area contributed by atoms with Crippen LogP contribution in [0.15, 0.2) is 12.7 Å². The second kappa shape index (κ2) is 6.83. The van der Waals surface area contributed by atoms with Crippen LogP contribution >= 0.6 is 0 Å². The van der Waals surface area contributed by atoms with Gasteiger partial charge in [0.25, 0.3) is 0 Å². The minimum absolute atomic E-state index is 0.281. The van der Waals surface area contributed by atoms with Gasteiger partial charge < -0.3 is 4.74 Å². The summed E-state index contributed by atoms with van der Waals surface area (Å²) in [6, 6.07) is 0. The first-order valence-electron chi connectivity index (χ1n) is 6.87. The van der Waals surface area contributed by atoms with E-state index in [1.165, 1.54) is 51.0 Å². The van der Waals surface area contributed by atoms with Gasteiger partial charge in [-0.15, -0.1) is 0 Å². The number of hydrogen-bond donors (Lipinski definition) is 0. The molecule has 0 atom stereocenters. The topological polar surface area (TPSA) is 26.3 Å². The van der Waals surface area contributed by atoms with E-state index in [4.69, 9.17) is 4.74 Å². The average molecular weight is 238 g/mol. The molecule has 0 heterocycles. The molecule has 0 aromatic carbocycles. The molecule has 0 spiro atoms. The summed E-state index contributed by atoms with van der Waals surface area (Å²) >= 11 is 0. The highest BCUT2D eigenvalue weighted by Gasteiger charge is 2.42. The first-order chi connectivity index (χ1) is 8.08. The van der Waals surface area contributed by atoms with Crippen LogP contribution in [0.25, 0.3) is 0 Å². The van der Waals surface area contributed by atoms with Crippen molar-refractivity contribution < 1.29 is 9.53 Å². The summed E-state index contributed by atoms with van der Waals surface area (Å²) in [6.07, 6.45) is 10.2. The fourth-order valence-corrected chi connectivity index (χ4v) is 2.16. The first kappa shape index (κ1) is 14.3. The average Bonchev–Trinajstić information content (AvgIpc) is 3.06. The lowest BCUT2D eigenvalue weighted by Crippen LogP contribution is -2.13. The molecular formula is C15H26O2. The van der Waals surface area contributed by atoms with Crippen molar-refractivity contribution in [3.05, 3.63) is 12.7 Å². The predicted octanol–water partition coefficient (Wildman–Crippen LogP) is 4.10. The van der Waals surface area contributed by atoms with Crippen molar-refractivity contribution >= 4 is 5.97 Å². The number of rotatable bonds is 9. The fourth-order valence-electron chi connectivity index (χ4n) is 2.16. The standard InChI is InChI=1S/C15H26O2/c1-4-14(16)17-12-15(10-11-15)9-7-5-6-8-13(2)3/h4,13H,1,5-12H2,2-3H3. The summed E-state index contributed by atoms with van der Waals surface area (Å²) in [5, 5.41) is 0. The normalized spacial score (nSPS) is 16.9. The molecule has 1 rings (SSSR count). The molecule has 0 saturated heterocycles. The van der Waals surface area contributed by atoms with Gasteiger partial charge in [-0.25, -0.2) is 4.79 Å². The Morgan fingerprint density at radius 1 is 1.35 bits per heavy atom. The Labute approximate surface area is 105 Å². The van der Waals surface area contributed by atoms with Crippen molar-refractivity contribution in [2.75, 3.05) is 6.61 Å². The van der Waals surface area contributed by atoms with E-state index in [1.54, 1.807) is 0 Å². The third kappa shape index (κ3) is 5.90. The van der Waals surface area contributed by atoms with Crippen LogP contribution in [0.3, 0.4) is 0 Å². The molecule has 0 N–H and O–H groups in total. The van der Waals surface area contributed by atoms with Crippen molar-refractivity contribution in [1.82, 2.24) is 0 Å². The van der Waals surface area contributed by atoms with Crippen LogP contribution in [0.4, 0.5) is 0 Å². The monoisotopic (exact) mass is 238 g/mol. The molecule has 0 radical (unpaired) electrons. The summed E-state index contributed by atoms with van der Waals surface area (Å²) in [6.45, 7) is 8.56. The lowest BCUT2D eigenvalue weighted by molar-refractivity contribution is -0.139. The third-order valence-corrected chi connectivity index (χ3v) is 3.63. The van der Waals surface area contributed by atoms with Gasteiger partial charge in [-0.3, -0.25) is 0 Å². The molecule has 0 aromatic rings. The SMILES string of the molecule is C=CC(=O)OCC1(CCCCCC(C)C)CC1. The Balaban J connectivity index is 2.05. The number of esters is 1. The number of hydrogen-bond acceptors (Lipinski definition) is 2. The van der Waals surface area contributed by atoms with Crippen LogP contribution in [0.5, 0.6) is 0 Å². The fraction of sp³-hybridized carbons (Fsp3) is 0.800. The maximum atomic E-state index is 11.0. The van der Waals surface area contributed by atoms with Crippen LogP contribution in [-0.2, 0) is 9.53 Å². The third-order valence-electron chi connectivity index (χ3n) is 3.63. The van der Waals surface area contributed by atoms with E-state index in [1.807, 2.05) is 0 Å². The molecule has 1 saturated carbocycles. The summed E-state index contributed by atoms with van der Waals surface area (Å²) in [5.74, 6) is 0.537. The molecular weight excluding hydrogens is 212 g/mol. The van der Waals surface area contributed by atoms with Crippen molar-refractivity contribution in [2.45, 2.75) is 58.8 Å². The Hall–Kier alpha value is -0.790. The number of carbonyl (C=O) groups excluding carboxylic acids is 1. The van der Waals surface area contributed by atoms with Gasteiger partial charge in [0.1, 0.15) is 0 Å². The largest absolute Gasteiger partial charge is 0.462 e. The maximum absolute atomic E-state index is 11.0. The molecule has 0 aromatic heterocycles. The van der Waals surface area contributed by atoms with Gasteiger partial charge >= 0.3 is 5.97 Å². The van der Waals surface area contributed by atoms with Gasteiger partial charge in [0.2, 0.25) is 0 Å². The minimum atomic E-state index is -0.281. The van der Waals surface area contributed by atoms with Gasteiger partial charge in [-0.05, 0) is 25.2 Å². The van der Waals surface area contributed by atoms with Crippen molar-refractivity contribution in [3.8, 4) is 0 Å². The van der Waals surface area contributed by atoms with Crippen LogP contribution in [0.1, 0.15) is 58.8 Å². The maximum Gasteiger partial charge on any atom is 0.330 e. The summed E-state index contributed by atoms with van der Waals surface area (Å²) in [4.78, 5) is 11.0. The Morgan fingerprint density at radius 2 is 2.06 bits per heavy atom. The molecule has 1 aliphatic rings. The molecule has 98 valence electrons. The van der Waals surface area contributed by atoms with Gasteiger partial charge in [0.15, 0.2) is 0 Å². The lowest BCUT2D eigenvalue weighted by Gasteiger charge is -2.14. The Morgan fingerprint density at radius 3 is 2.59 bits per heavy atom. The second-order valence-corrected chi connectivity index (χ2v) is 5.81. The lowest BCUT2D eigenvalue weighted by atomic mass is 9.97. The van der Waals surface area contributed by atoms with Crippen LogP contribution in [-0.4, -0.2) is 12.6 Å². The Bertz CT molecular complexity index is 252. The van der Waals surface area contributed by atoms with Crippen molar-refractivity contribution in [2.24, 2.45) is 11.3 Å². The molecule has 0 bridgehead atoms. The van der Waals surface area contributed by atoms with Crippen molar-refractivity contribution in [1.29, 1.82) is 0 Å². The highest BCUT2D eigenvalue weighted by molar-refractivity contribution is 5.81. The molecule has 2 heteroatoms. The molecule has 2 nitrogen and oxygen atoms in total. The van der Waals surface area contributed by atoms with Gasteiger partial charge in [-0.2, -0.15) is 0 Å². The molecule has 0 unspecified atom stereocenters. The minimum Gasteiger partial charge on any atom is -0.462 e. The summed E-state index contributed by atoms with van der Waals surface area (Å²) in [5.41, 5.74) is 0.330. The van der Waals surface area contributed by atoms with E-state index in [0.717, 1.165) is 5.92 Å². The van der Waals surface area contributed by atoms with Crippen LogP contribution in [0.2, 0.25) is 0 Å². The zero-order valence-electron chi connectivity index (χ0n) is 11.3. The highest BCUT2D eigenvalue weighted by atomic mass is 16.5. The van der Waals surface area contributed by atoms with Crippen molar-refractivity contribution in [3.63, 3.8) is 0 Å². The molecule has 1 fully saturated rings. The van der Waals surface area contributed by atoms with E-state index in [0.29, 0.717) is 12.0 Å². The number of carbonyl (C=O) groups is 1. The number of ether oxygens (including phenoxy) is 1. The smallest absolute Gasteiger partial charge is 0.330 e. The molecule has 0 amide bonds. The zero-order valence-corrected chi connectivity index (χ0v) is 11.3. The van der Waals surface area contributed by atoms with Gasteiger partial charge in [0, 0.05) is 11.5 Å². The Kier molecular flexibility index (Phi) is 5.73. The zero-order chi connectivity index (χ0) is 12.7. The predicted molar refractivity (Wildman–Crippen MR) is 70.7 cm³/mol. The summed E-state index contributed by atoms with van der Waals surface area (Å²) < 4.78 is 5.16. The van der Waals surface area contributed by atoms with E-state index in [9.17, 15) is 4.79 Å². The van der Waals surface area contributed by atoms with Crippen LogP contribution < -0.4 is 0 Å². The highest BCUT2D eigenvalue weighted by Crippen LogP contribution is 2.50. The number of unbranched alkanes of at least 4 members (excludes halogenated alkanes) is 2. The van der Waals surface area contributed by atoms with E-state index in [2.05, 4.69) is 20.4 Å². The van der Waals surface area contributed by atoms with E-state index < -0.39 is 0 Å².